The first-order valence-corrected chi connectivity index (χ1v) is 7.22. The SMILES string of the molecule is CC(C)Cc1nc(-c2ccccc2[N+](=O)[O-])[nH]c(=O)c1Br. The number of hydrogen-bond acceptors (Lipinski definition) is 4. The molecule has 0 aliphatic heterocycles. The molecule has 7 heteroatoms. The van der Waals surface area contributed by atoms with Gasteiger partial charge in [-0.2, -0.15) is 0 Å². The van der Waals surface area contributed by atoms with E-state index in [1.807, 2.05) is 13.8 Å². The number of nitro benzene ring substituents is 1. The van der Waals surface area contributed by atoms with Gasteiger partial charge in [0.15, 0.2) is 0 Å². The van der Waals surface area contributed by atoms with Crippen molar-refractivity contribution in [2.45, 2.75) is 20.3 Å². The van der Waals surface area contributed by atoms with Crippen molar-refractivity contribution in [3.05, 3.63) is 54.9 Å². The number of aromatic nitrogens is 2. The van der Waals surface area contributed by atoms with Crippen LogP contribution in [0.1, 0.15) is 19.5 Å². The van der Waals surface area contributed by atoms with Crippen LogP contribution in [0.2, 0.25) is 0 Å². The van der Waals surface area contributed by atoms with Crippen LogP contribution in [0.4, 0.5) is 5.69 Å². The predicted octanol–water partition coefficient (Wildman–Crippen LogP) is 3.31. The number of nitrogens with zero attached hydrogens (tertiary/aromatic N) is 2. The van der Waals surface area contributed by atoms with E-state index in [-0.39, 0.29) is 17.1 Å². The summed E-state index contributed by atoms with van der Waals surface area (Å²) in [5.74, 6) is 0.528. The van der Waals surface area contributed by atoms with Crippen molar-refractivity contribution in [3.8, 4) is 11.4 Å². The highest BCUT2D eigenvalue weighted by Gasteiger charge is 2.18. The quantitative estimate of drug-likeness (QED) is 0.675. The first-order chi connectivity index (χ1) is 9.90. The lowest BCUT2D eigenvalue weighted by Crippen LogP contribution is -2.15. The second-order valence-corrected chi connectivity index (χ2v) is 5.84. The molecule has 0 fully saturated rings. The summed E-state index contributed by atoms with van der Waals surface area (Å²) in [5, 5.41) is 11.1. The molecule has 0 saturated carbocycles. The number of para-hydroxylation sites is 1. The minimum atomic E-state index is -0.487. The maximum Gasteiger partial charge on any atom is 0.280 e. The molecule has 0 atom stereocenters. The lowest BCUT2D eigenvalue weighted by molar-refractivity contribution is -0.384. The van der Waals surface area contributed by atoms with E-state index in [1.165, 1.54) is 6.07 Å². The summed E-state index contributed by atoms with van der Waals surface area (Å²) in [5.41, 5.74) is 0.478. The summed E-state index contributed by atoms with van der Waals surface area (Å²) < 4.78 is 0.374. The molecule has 0 bridgehead atoms. The Morgan fingerprint density at radius 1 is 1.38 bits per heavy atom. The van der Waals surface area contributed by atoms with Crippen molar-refractivity contribution < 1.29 is 4.92 Å². The molecule has 0 spiro atoms. The molecule has 110 valence electrons. The van der Waals surface area contributed by atoms with E-state index in [9.17, 15) is 14.9 Å². The Labute approximate surface area is 129 Å². The number of nitro groups is 1. The zero-order chi connectivity index (χ0) is 15.6. The van der Waals surface area contributed by atoms with Crippen LogP contribution in [0.25, 0.3) is 11.4 Å². The van der Waals surface area contributed by atoms with Crippen LogP contribution >= 0.6 is 15.9 Å². The zero-order valence-electron chi connectivity index (χ0n) is 11.6. The summed E-state index contributed by atoms with van der Waals surface area (Å²) in [7, 11) is 0. The van der Waals surface area contributed by atoms with E-state index in [1.54, 1.807) is 18.2 Å². The lowest BCUT2D eigenvalue weighted by atomic mass is 10.1. The molecule has 1 aromatic carbocycles. The van der Waals surface area contributed by atoms with Gasteiger partial charge in [0.2, 0.25) is 0 Å². The molecule has 0 saturated heterocycles. The van der Waals surface area contributed by atoms with Crippen LogP contribution in [0, 0.1) is 16.0 Å². The smallest absolute Gasteiger partial charge is 0.280 e. The maximum atomic E-state index is 12.0. The van der Waals surface area contributed by atoms with Gasteiger partial charge in [-0.05, 0) is 34.3 Å². The fraction of sp³-hybridized carbons (Fsp3) is 0.286. The van der Waals surface area contributed by atoms with Gasteiger partial charge in [0.05, 0.1) is 16.2 Å². The van der Waals surface area contributed by atoms with Crippen molar-refractivity contribution in [1.29, 1.82) is 0 Å². The fourth-order valence-corrected chi connectivity index (χ4v) is 2.34. The van der Waals surface area contributed by atoms with Gasteiger partial charge in [0.1, 0.15) is 10.3 Å². The second kappa shape index (κ2) is 6.17. The van der Waals surface area contributed by atoms with Crippen LogP contribution in [0.3, 0.4) is 0 Å². The molecule has 21 heavy (non-hydrogen) atoms. The molecule has 0 amide bonds. The van der Waals surface area contributed by atoms with E-state index in [0.717, 1.165) is 0 Å². The zero-order valence-corrected chi connectivity index (χ0v) is 13.2. The first kappa shape index (κ1) is 15.4. The summed E-state index contributed by atoms with van der Waals surface area (Å²) in [6.45, 7) is 4.03. The van der Waals surface area contributed by atoms with Crippen molar-refractivity contribution in [2.24, 2.45) is 5.92 Å². The van der Waals surface area contributed by atoms with Crippen molar-refractivity contribution in [3.63, 3.8) is 0 Å². The third-order valence-electron chi connectivity index (χ3n) is 2.89. The molecular weight excluding hydrogens is 338 g/mol. The van der Waals surface area contributed by atoms with Gasteiger partial charge in [-0.3, -0.25) is 14.9 Å². The van der Waals surface area contributed by atoms with Gasteiger partial charge in [0, 0.05) is 6.07 Å². The summed E-state index contributed by atoms with van der Waals surface area (Å²) in [6, 6.07) is 6.21. The van der Waals surface area contributed by atoms with Crippen LogP contribution in [0.15, 0.2) is 33.5 Å². The van der Waals surface area contributed by atoms with E-state index >= 15 is 0 Å². The van der Waals surface area contributed by atoms with Gasteiger partial charge in [-0.1, -0.05) is 26.0 Å². The minimum Gasteiger partial charge on any atom is -0.305 e. The number of benzene rings is 1. The van der Waals surface area contributed by atoms with Crippen LogP contribution in [0.5, 0.6) is 0 Å². The minimum absolute atomic E-state index is 0.0848. The van der Waals surface area contributed by atoms with E-state index < -0.39 is 4.92 Å². The molecule has 1 aromatic heterocycles. The number of hydrogen-bond donors (Lipinski definition) is 1. The highest BCUT2D eigenvalue weighted by atomic mass is 79.9. The van der Waals surface area contributed by atoms with Crippen LogP contribution in [-0.4, -0.2) is 14.9 Å². The molecule has 0 aliphatic carbocycles. The highest BCUT2D eigenvalue weighted by Crippen LogP contribution is 2.27. The maximum absolute atomic E-state index is 12.0. The average Bonchev–Trinajstić information content (AvgIpc) is 2.43. The van der Waals surface area contributed by atoms with Gasteiger partial charge in [-0.25, -0.2) is 4.98 Å². The van der Waals surface area contributed by atoms with Crippen molar-refractivity contribution in [2.75, 3.05) is 0 Å². The standard InChI is InChI=1S/C14H14BrN3O3/c1-8(2)7-10-12(15)14(19)17-13(16-10)9-5-3-4-6-11(9)18(20)21/h3-6,8H,7H2,1-2H3,(H,16,17,19). The predicted molar refractivity (Wildman–Crippen MR) is 83.2 cm³/mol. The highest BCUT2D eigenvalue weighted by molar-refractivity contribution is 9.10. The molecule has 2 rings (SSSR count). The third-order valence-corrected chi connectivity index (χ3v) is 3.71. The van der Waals surface area contributed by atoms with Gasteiger partial charge < -0.3 is 4.98 Å². The Bertz CT molecular complexity index is 740. The molecule has 1 N–H and O–H groups in total. The molecular formula is C14H14BrN3O3. The monoisotopic (exact) mass is 351 g/mol. The number of rotatable bonds is 4. The Hall–Kier alpha value is -2.02. The Morgan fingerprint density at radius 3 is 2.67 bits per heavy atom. The Kier molecular flexibility index (Phi) is 4.52. The third kappa shape index (κ3) is 3.36. The molecule has 0 unspecified atom stereocenters. The van der Waals surface area contributed by atoms with Crippen LogP contribution < -0.4 is 5.56 Å². The van der Waals surface area contributed by atoms with E-state index in [0.29, 0.717) is 28.1 Å². The number of halogens is 1. The van der Waals surface area contributed by atoms with E-state index in [4.69, 9.17) is 0 Å². The molecule has 2 aromatic rings. The first-order valence-electron chi connectivity index (χ1n) is 6.42. The Balaban J connectivity index is 2.63. The van der Waals surface area contributed by atoms with E-state index in [2.05, 4.69) is 25.9 Å². The Morgan fingerprint density at radius 2 is 2.05 bits per heavy atom. The second-order valence-electron chi connectivity index (χ2n) is 5.05. The van der Waals surface area contributed by atoms with Gasteiger partial charge in [-0.15, -0.1) is 0 Å². The average molecular weight is 352 g/mol. The molecule has 0 aliphatic rings. The van der Waals surface area contributed by atoms with Crippen molar-refractivity contribution in [1.82, 2.24) is 9.97 Å². The molecule has 1 heterocycles. The summed E-state index contributed by atoms with van der Waals surface area (Å²) in [4.78, 5) is 29.5. The van der Waals surface area contributed by atoms with Gasteiger partial charge in [0.25, 0.3) is 11.2 Å². The normalized spacial score (nSPS) is 10.9. The van der Waals surface area contributed by atoms with Crippen molar-refractivity contribution >= 4 is 21.6 Å². The lowest BCUT2D eigenvalue weighted by Gasteiger charge is -2.09. The molecule has 0 radical (unpaired) electrons. The largest absolute Gasteiger partial charge is 0.305 e. The fourth-order valence-electron chi connectivity index (χ4n) is 1.99. The molecule has 6 nitrogen and oxygen atoms in total. The number of nitrogens with one attached hydrogen (secondary N) is 1. The number of aromatic amines is 1. The van der Waals surface area contributed by atoms with Gasteiger partial charge >= 0.3 is 0 Å². The number of H-pyrrole nitrogens is 1. The summed E-state index contributed by atoms with van der Waals surface area (Å²) in [6.07, 6.45) is 0.609. The topological polar surface area (TPSA) is 88.9 Å². The van der Waals surface area contributed by atoms with Crippen LogP contribution in [-0.2, 0) is 6.42 Å². The summed E-state index contributed by atoms with van der Waals surface area (Å²) >= 11 is 3.22.